The van der Waals surface area contributed by atoms with Crippen molar-refractivity contribution < 1.29 is 9.53 Å². The molecular weight excluding hydrogens is 252 g/mol. The summed E-state index contributed by atoms with van der Waals surface area (Å²) < 4.78 is 4.74. The Morgan fingerprint density at radius 3 is 2.44 bits per heavy atom. The number of carbonyl (C=O) groups is 1. The molecule has 0 atom stereocenters. The van der Waals surface area contributed by atoms with E-state index in [4.69, 9.17) is 10.5 Å². The molecule has 0 aliphatic rings. The molecule has 5 heteroatoms. The first-order valence-corrected chi connectivity index (χ1v) is 5.20. The number of nitrogens with zero attached hydrogens (tertiary/aromatic N) is 1. The van der Waals surface area contributed by atoms with Crippen LogP contribution in [0.5, 0.6) is 5.75 Å². The van der Waals surface area contributed by atoms with Gasteiger partial charge in [-0.05, 0) is 29.8 Å². The van der Waals surface area contributed by atoms with Gasteiger partial charge in [-0.25, -0.2) is 4.79 Å². The maximum absolute atomic E-state index is 10.5. The van der Waals surface area contributed by atoms with Crippen molar-refractivity contribution in [2.45, 2.75) is 6.42 Å². The minimum absolute atomic E-state index is 0. The van der Waals surface area contributed by atoms with E-state index in [1.807, 2.05) is 30.3 Å². The Kier molecular flexibility index (Phi) is 5.14. The molecule has 2 N–H and O–H groups in total. The van der Waals surface area contributed by atoms with Crippen LogP contribution < -0.4 is 10.5 Å². The molecule has 0 aliphatic heterocycles. The van der Waals surface area contributed by atoms with E-state index in [9.17, 15) is 4.79 Å². The lowest BCUT2D eigenvalue weighted by molar-refractivity contribution is 0.211. The predicted molar refractivity (Wildman–Crippen MR) is 70.9 cm³/mol. The average molecular weight is 265 g/mol. The molecule has 0 unspecified atom stereocenters. The summed E-state index contributed by atoms with van der Waals surface area (Å²) in [6.45, 7) is 0. The van der Waals surface area contributed by atoms with Crippen molar-refractivity contribution in [2.75, 3.05) is 0 Å². The third kappa shape index (κ3) is 4.07. The van der Waals surface area contributed by atoms with Gasteiger partial charge in [-0.1, -0.05) is 18.2 Å². The molecule has 2 rings (SSSR count). The Morgan fingerprint density at radius 1 is 1.17 bits per heavy atom. The van der Waals surface area contributed by atoms with Crippen LogP contribution in [0.3, 0.4) is 0 Å². The summed E-state index contributed by atoms with van der Waals surface area (Å²) in [7, 11) is 0. The van der Waals surface area contributed by atoms with Crippen LogP contribution in [0.15, 0.2) is 48.7 Å². The van der Waals surface area contributed by atoms with Crippen molar-refractivity contribution in [2.24, 2.45) is 5.73 Å². The number of aromatic nitrogens is 1. The van der Waals surface area contributed by atoms with E-state index in [0.717, 1.165) is 17.7 Å². The number of hydrogen-bond donors (Lipinski definition) is 1. The van der Waals surface area contributed by atoms with Crippen LogP contribution in [0.25, 0.3) is 0 Å². The highest BCUT2D eigenvalue weighted by Gasteiger charge is 2.00. The van der Waals surface area contributed by atoms with Gasteiger partial charge in [-0.15, -0.1) is 12.4 Å². The highest BCUT2D eigenvalue weighted by Crippen LogP contribution is 2.14. The van der Waals surface area contributed by atoms with Gasteiger partial charge in [-0.3, -0.25) is 4.98 Å². The highest BCUT2D eigenvalue weighted by molar-refractivity contribution is 5.85. The van der Waals surface area contributed by atoms with Crippen LogP contribution in [-0.2, 0) is 6.42 Å². The molecule has 0 aliphatic carbocycles. The molecule has 1 amide bonds. The quantitative estimate of drug-likeness (QED) is 0.926. The van der Waals surface area contributed by atoms with Crippen molar-refractivity contribution in [3.8, 4) is 5.75 Å². The predicted octanol–water partition coefficient (Wildman–Crippen LogP) is 2.55. The minimum Gasteiger partial charge on any atom is -0.411 e. The molecule has 0 saturated carbocycles. The zero-order chi connectivity index (χ0) is 12.1. The van der Waals surface area contributed by atoms with Crippen molar-refractivity contribution in [3.05, 3.63) is 59.9 Å². The van der Waals surface area contributed by atoms with Gasteiger partial charge >= 0.3 is 6.09 Å². The van der Waals surface area contributed by atoms with E-state index in [-0.39, 0.29) is 12.4 Å². The maximum atomic E-state index is 10.5. The van der Waals surface area contributed by atoms with Crippen LogP contribution in [0.4, 0.5) is 4.79 Å². The van der Waals surface area contributed by atoms with E-state index in [1.54, 1.807) is 18.3 Å². The molecule has 1 aromatic heterocycles. The van der Waals surface area contributed by atoms with E-state index in [1.165, 1.54) is 0 Å². The van der Waals surface area contributed by atoms with Gasteiger partial charge in [-0.2, -0.15) is 0 Å². The average Bonchev–Trinajstić information content (AvgIpc) is 2.32. The molecule has 0 radical (unpaired) electrons. The normalized spacial score (nSPS) is 9.33. The third-order valence-corrected chi connectivity index (χ3v) is 2.25. The smallest absolute Gasteiger partial charge is 0.409 e. The van der Waals surface area contributed by atoms with Gasteiger partial charge in [0, 0.05) is 18.3 Å². The molecule has 18 heavy (non-hydrogen) atoms. The fourth-order valence-electron chi connectivity index (χ4n) is 1.50. The van der Waals surface area contributed by atoms with Gasteiger partial charge in [0.25, 0.3) is 0 Å². The fraction of sp³-hybridized carbons (Fsp3) is 0.0769. The Hall–Kier alpha value is -2.07. The summed E-state index contributed by atoms with van der Waals surface area (Å²) in [5.74, 6) is 0.447. The summed E-state index contributed by atoms with van der Waals surface area (Å²) >= 11 is 0. The van der Waals surface area contributed by atoms with Crippen LogP contribution >= 0.6 is 12.4 Å². The number of nitrogens with two attached hydrogens (primary N) is 1. The molecular formula is C13H13ClN2O2. The SMILES string of the molecule is Cl.NC(=O)Oc1ccc(Cc2ccccn2)cc1. The number of pyridine rings is 1. The first-order valence-electron chi connectivity index (χ1n) is 5.20. The van der Waals surface area contributed by atoms with Crippen LogP contribution in [0.1, 0.15) is 11.3 Å². The second-order valence-corrected chi connectivity index (χ2v) is 3.56. The van der Waals surface area contributed by atoms with Crippen LogP contribution in [0, 0.1) is 0 Å². The number of halogens is 1. The van der Waals surface area contributed by atoms with E-state index in [0.29, 0.717) is 5.75 Å². The first kappa shape index (κ1) is 14.0. The lowest BCUT2D eigenvalue weighted by atomic mass is 10.1. The summed E-state index contributed by atoms with van der Waals surface area (Å²) in [5, 5.41) is 0. The molecule has 1 aromatic carbocycles. The summed E-state index contributed by atoms with van der Waals surface area (Å²) in [4.78, 5) is 14.8. The van der Waals surface area contributed by atoms with Crippen molar-refractivity contribution in [3.63, 3.8) is 0 Å². The Morgan fingerprint density at radius 2 is 1.89 bits per heavy atom. The van der Waals surface area contributed by atoms with Crippen LogP contribution in [0.2, 0.25) is 0 Å². The summed E-state index contributed by atoms with van der Waals surface area (Å²) in [5.41, 5.74) is 7.01. The third-order valence-electron chi connectivity index (χ3n) is 2.25. The second-order valence-electron chi connectivity index (χ2n) is 3.56. The lowest BCUT2D eigenvalue weighted by Crippen LogP contribution is -2.16. The number of ether oxygens (including phenoxy) is 1. The van der Waals surface area contributed by atoms with E-state index in [2.05, 4.69) is 4.98 Å². The molecule has 1 heterocycles. The molecule has 0 spiro atoms. The Bertz CT molecular complexity index is 500. The van der Waals surface area contributed by atoms with Crippen molar-refractivity contribution in [1.82, 2.24) is 4.98 Å². The number of carbonyl (C=O) groups excluding carboxylic acids is 1. The zero-order valence-electron chi connectivity index (χ0n) is 9.58. The van der Waals surface area contributed by atoms with E-state index >= 15 is 0 Å². The Labute approximate surface area is 111 Å². The number of primary amides is 1. The topological polar surface area (TPSA) is 65.2 Å². The van der Waals surface area contributed by atoms with E-state index < -0.39 is 6.09 Å². The largest absolute Gasteiger partial charge is 0.411 e. The number of rotatable bonds is 3. The fourth-order valence-corrected chi connectivity index (χ4v) is 1.50. The molecule has 2 aromatic rings. The summed E-state index contributed by atoms with van der Waals surface area (Å²) in [6, 6.07) is 13.0. The zero-order valence-corrected chi connectivity index (χ0v) is 10.4. The number of benzene rings is 1. The van der Waals surface area contributed by atoms with Gasteiger partial charge < -0.3 is 10.5 Å². The molecule has 94 valence electrons. The van der Waals surface area contributed by atoms with Crippen LogP contribution in [-0.4, -0.2) is 11.1 Å². The minimum atomic E-state index is -0.803. The van der Waals surface area contributed by atoms with Gasteiger partial charge in [0.05, 0.1) is 0 Å². The number of hydrogen-bond acceptors (Lipinski definition) is 3. The van der Waals surface area contributed by atoms with Gasteiger partial charge in [0.2, 0.25) is 0 Å². The molecule has 0 fully saturated rings. The van der Waals surface area contributed by atoms with Gasteiger partial charge in [0.1, 0.15) is 5.75 Å². The van der Waals surface area contributed by atoms with Crippen molar-refractivity contribution >= 4 is 18.5 Å². The first-order chi connectivity index (χ1) is 8.24. The summed E-state index contributed by atoms with van der Waals surface area (Å²) in [6.07, 6.45) is 1.71. The monoisotopic (exact) mass is 264 g/mol. The molecule has 0 saturated heterocycles. The second kappa shape index (κ2) is 6.61. The molecule has 0 bridgehead atoms. The lowest BCUT2D eigenvalue weighted by Gasteiger charge is -2.03. The number of amides is 1. The van der Waals surface area contributed by atoms with Gasteiger partial charge in [0.15, 0.2) is 0 Å². The maximum Gasteiger partial charge on any atom is 0.409 e. The molecule has 4 nitrogen and oxygen atoms in total. The highest BCUT2D eigenvalue weighted by atomic mass is 35.5. The Balaban J connectivity index is 0.00000162. The standard InChI is InChI=1S/C13H12N2O2.ClH/c14-13(16)17-12-6-4-10(5-7-12)9-11-3-1-2-8-15-11;/h1-8H,9H2,(H2,14,16);1H. The van der Waals surface area contributed by atoms with Crippen molar-refractivity contribution in [1.29, 1.82) is 0 Å².